The number of nitro benzene ring substituents is 1. The van der Waals surface area contributed by atoms with E-state index in [0.29, 0.717) is 32.0 Å². The van der Waals surface area contributed by atoms with E-state index in [2.05, 4.69) is 5.32 Å². The van der Waals surface area contributed by atoms with Crippen molar-refractivity contribution in [3.63, 3.8) is 0 Å². The summed E-state index contributed by atoms with van der Waals surface area (Å²) in [5, 5.41) is 13.6. The van der Waals surface area contributed by atoms with Gasteiger partial charge in [0.15, 0.2) is 6.61 Å². The molecule has 0 aliphatic carbocycles. The van der Waals surface area contributed by atoms with Crippen molar-refractivity contribution in [3.8, 4) is 0 Å². The number of anilines is 2. The number of rotatable bonds is 8. The van der Waals surface area contributed by atoms with Crippen LogP contribution in [0.1, 0.15) is 10.4 Å². The maximum absolute atomic E-state index is 12.7. The van der Waals surface area contributed by atoms with Crippen LogP contribution in [0.3, 0.4) is 0 Å². The number of amides is 1. The van der Waals surface area contributed by atoms with Gasteiger partial charge >= 0.3 is 5.97 Å². The first-order chi connectivity index (χ1) is 15.3. The van der Waals surface area contributed by atoms with Crippen molar-refractivity contribution in [2.24, 2.45) is 0 Å². The highest BCUT2D eigenvalue weighted by Crippen LogP contribution is 2.31. The molecule has 32 heavy (non-hydrogen) atoms. The molecule has 2 aromatic carbocycles. The third kappa shape index (κ3) is 6.14. The predicted octanol–water partition coefficient (Wildman–Crippen LogP) is 3.54. The van der Waals surface area contributed by atoms with Gasteiger partial charge in [0.25, 0.3) is 17.4 Å². The highest BCUT2D eigenvalue weighted by Gasteiger charge is 2.24. The molecule has 1 fully saturated rings. The third-order valence-electron chi connectivity index (χ3n) is 4.47. The van der Waals surface area contributed by atoms with Gasteiger partial charge in [-0.15, -0.1) is 0 Å². The molecule has 0 saturated carbocycles. The molecule has 170 valence electrons. The Bertz CT molecular complexity index is 1000. The number of nitrogens with zero attached hydrogens (tertiary/aromatic N) is 2. The molecule has 1 amide bonds. The van der Waals surface area contributed by atoms with Gasteiger partial charge in [-0.1, -0.05) is 23.9 Å². The number of nitro groups is 1. The highest BCUT2D eigenvalue weighted by molar-refractivity contribution is 7.99. The van der Waals surface area contributed by atoms with Crippen LogP contribution in [-0.4, -0.2) is 55.5 Å². The van der Waals surface area contributed by atoms with Crippen LogP contribution < -0.4 is 10.2 Å². The number of benzene rings is 2. The molecule has 2 aromatic rings. The van der Waals surface area contributed by atoms with Crippen LogP contribution in [-0.2, 0) is 14.3 Å². The predicted molar refractivity (Wildman–Crippen MR) is 113 cm³/mol. The maximum Gasteiger partial charge on any atom is 0.341 e. The van der Waals surface area contributed by atoms with Crippen molar-refractivity contribution in [1.29, 1.82) is 0 Å². The number of ether oxygens (including phenoxy) is 2. The molecule has 0 bridgehead atoms. The van der Waals surface area contributed by atoms with Gasteiger partial charge in [-0.2, -0.15) is 8.78 Å². The van der Waals surface area contributed by atoms with Crippen molar-refractivity contribution in [2.45, 2.75) is 10.7 Å². The average Bonchev–Trinajstić information content (AvgIpc) is 2.78. The van der Waals surface area contributed by atoms with Gasteiger partial charge in [0, 0.05) is 30.1 Å². The summed E-state index contributed by atoms with van der Waals surface area (Å²) < 4.78 is 35.7. The van der Waals surface area contributed by atoms with E-state index < -0.39 is 29.2 Å². The Balaban J connectivity index is 1.71. The topological polar surface area (TPSA) is 111 Å². The van der Waals surface area contributed by atoms with E-state index >= 15 is 0 Å². The quantitative estimate of drug-likeness (QED) is 0.272. The largest absolute Gasteiger partial charge is 0.452 e. The summed E-state index contributed by atoms with van der Waals surface area (Å²) in [6.07, 6.45) is 0. The molecule has 0 radical (unpaired) electrons. The fraction of sp³-hybridized carbons (Fsp3) is 0.300. The molecule has 0 unspecified atom stereocenters. The summed E-state index contributed by atoms with van der Waals surface area (Å²) in [7, 11) is 0. The van der Waals surface area contributed by atoms with E-state index in [9.17, 15) is 28.5 Å². The Hall–Kier alpha value is -3.25. The number of hydrogen-bond donors (Lipinski definition) is 1. The number of nitrogens with one attached hydrogen (secondary N) is 1. The standard InChI is InChI=1S/C20H19F2N3O6S/c21-20(22)32-17-4-2-1-3-15(17)23-18(26)12-31-19(27)14-11-13(25(28)29)5-6-16(14)24-7-9-30-10-8-24/h1-6,11,20H,7-10,12H2,(H,23,26). The highest BCUT2D eigenvalue weighted by atomic mass is 32.2. The molecule has 1 heterocycles. The minimum absolute atomic E-state index is 0.0532. The van der Waals surface area contributed by atoms with Crippen molar-refractivity contribution in [2.75, 3.05) is 43.1 Å². The first-order valence-corrected chi connectivity index (χ1v) is 10.3. The SMILES string of the molecule is O=C(COC(=O)c1cc([N+](=O)[O-])ccc1N1CCOCC1)Nc1ccccc1SC(F)F. The zero-order chi connectivity index (χ0) is 23.1. The van der Waals surface area contributed by atoms with Crippen molar-refractivity contribution >= 4 is 40.7 Å². The van der Waals surface area contributed by atoms with Crippen molar-refractivity contribution < 1.29 is 32.8 Å². The maximum atomic E-state index is 12.7. The number of carbonyl (C=O) groups is 2. The van der Waals surface area contributed by atoms with Gasteiger partial charge in [-0.3, -0.25) is 14.9 Å². The minimum Gasteiger partial charge on any atom is -0.452 e. The average molecular weight is 467 g/mol. The number of alkyl halides is 2. The van der Waals surface area contributed by atoms with E-state index in [1.807, 2.05) is 4.90 Å². The lowest BCUT2D eigenvalue weighted by Gasteiger charge is -2.30. The van der Waals surface area contributed by atoms with Crippen LogP contribution >= 0.6 is 11.8 Å². The Morgan fingerprint density at radius 1 is 1.22 bits per heavy atom. The lowest BCUT2D eigenvalue weighted by atomic mass is 10.1. The number of carbonyl (C=O) groups excluding carboxylic acids is 2. The third-order valence-corrected chi connectivity index (χ3v) is 5.26. The van der Waals surface area contributed by atoms with Gasteiger partial charge in [0.1, 0.15) is 0 Å². The molecule has 0 aromatic heterocycles. The van der Waals surface area contributed by atoms with E-state index in [1.54, 1.807) is 12.1 Å². The van der Waals surface area contributed by atoms with Crippen LogP contribution in [0, 0.1) is 10.1 Å². The first-order valence-electron chi connectivity index (χ1n) is 9.47. The zero-order valence-corrected chi connectivity index (χ0v) is 17.5. The minimum atomic E-state index is -2.67. The lowest BCUT2D eigenvalue weighted by molar-refractivity contribution is -0.384. The number of morpholine rings is 1. The fourth-order valence-corrected chi connectivity index (χ4v) is 3.64. The molecule has 1 saturated heterocycles. The molecular weight excluding hydrogens is 448 g/mol. The van der Waals surface area contributed by atoms with Crippen LogP contribution in [0.5, 0.6) is 0 Å². The van der Waals surface area contributed by atoms with Crippen LogP contribution in [0.2, 0.25) is 0 Å². The molecule has 0 spiro atoms. The summed E-state index contributed by atoms with van der Waals surface area (Å²) in [5.74, 6) is -4.32. The molecule has 3 rings (SSSR count). The second kappa shape index (κ2) is 10.9. The van der Waals surface area contributed by atoms with Gasteiger partial charge in [0.05, 0.1) is 35.1 Å². The van der Waals surface area contributed by atoms with Gasteiger partial charge in [0.2, 0.25) is 0 Å². The monoisotopic (exact) mass is 467 g/mol. The Labute approximate surface area is 185 Å². The van der Waals surface area contributed by atoms with Crippen LogP contribution in [0.4, 0.5) is 25.8 Å². The normalized spacial score (nSPS) is 13.7. The summed E-state index contributed by atoms with van der Waals surface area (Å²) in [6.45, 7) is 1.14. The Morgan fingerprint density at radius 2 is 1.94 bits per heavy atom. The fourth-order valence-electron chi connectivity index (χ4n) is 3.04. The summed E-state index contributed by atoms with van der Waals surface area (Å²) >= 11 is 0.275. The number of non-ortho nitro benzene ring substituents is 1. The molecule has 12 heteroatoms. The smallest absolute Gasteiger partial charge is 0.341 e. The van der Waals surface area contributed by atoms with Crippen LogP contribution in [0.15, 0.2) is 47.4 Å². The number of para-hydroxylation sites is 1. The Morgan fingerprint density at radius 3 is 2.62 bits per heavy atom. The van der Waals surface area contributed by atoms with Crippen LogP contribution in [0.25, 0.3) is 0 Å². The lowest BCUT2D eigenvalue weighted by Crippen LogP contribution is -2.37. The molecular formula is C20H19F2N3O6S. The summed E-state index contributed by atoms with van der Waals surface area (Å²) in [6, 6.07) is 9.83. The molecule has 1 N–H and O–H groups in total. The number of hydrogen-bond acceptors (Lipinski definition) is 8. The molecule has 1 aliphatic rings. The summed E-state index contributed by atoms with van der Waals surface area (Å²) in [5.41, 5.74) is 0.241. The van der Waals surface area contributed by atoms with E-state index in [4.69, 9.17) is 9.47 Å². The van der Waals surface area contributed by atoms with E-state index in [1.165, 1.54) is 24.3 Å². The number of halogens is 2. The zero-order valence-electron chi connectivity index (χ0n) is 16.7. The van der Waals surface area contributed by atoms with Gasteiger partial charge in [-0.05, 0) is 18.2 Å². The van der Waals surface area contributed by atoms with Gasteiger partial charge < -0.3 is 19.7 Å². The second-order valence-electron chi connectivity index (χ2n) is 6.56. The molecule has 1 aliphatic heterocycles. The van der Waals surface area contributed by atoms with Crippen molar-refractivity contribution in [3.05, 3.63) is 58.1 Å². The Kier molecular flexibility index (Phi) is 7.95. The number of thioether (sulfide) groups is 1. The van der Waals surface area contributed by atoms with E-state index in [0.717, 1.165) is 6.07 Å². The van der Waals surface area contributed by atoms with Gasteiger partial charge in [-0.25, -0.2) is 4.79 Å². The van der Waals surface area contributed by atoms with E-state index in [-0.39, 0.29) is 33.6 Å². The second-order valence-corrected chi connectivity index (χ2v) is 7.59. The molecule has 0 atom stereocenters. The molecule has 9 nitrogen and oxygen atoms in total. The summed E-state index contributed by atoms with van der Waals surface area (Å²) in [4.78, 5) is 37.4. The van der Waals surface area contributed by atoms with Crippen molar-refractivity contribution in [1.82, 2.24) is 0 Å². The first kappa shape index (κ1) is 23.4. The number of esters is 1.